The predicted molar refractivity (Wildman–Crippen MR) is 87.9 cm³/mol. The van der Waals surface area contributed by atoms with Gasteiger partial charge in [0.05, 0.1) is 10.2 Å². The highest BCUT2D eigenvalue weighted by atomic mass is 32.1. The van der Waals surface area contributed by atoms with E-state index < -0.39 is 11.9 Å². The largest absolute Gasteiger partial charge is 0.433 e. The first-order chi connectivity index (χ1) is 12.5. The van der Waals surface area contributed by atoms with Crippen molar-refractivity contribution < 1.29 is 13.2 Å². The van der Waals surface area contributed by atoms with Gasteiger partial charge >= 0.3 is 6.18 Å². The summed E-state index contributed by atoms with van der Waals surface area (Å²) in [4.78, 5) is 7.89. The Morgan fingerprint density at radius 3 is 2.58 bits per heavy atom. The molecule has 0 saturated heterocycles. The molecule has 4 rings (SSSR count). The number of hydrogen-bond donors (Lipinski definition) is 1. The number of rotatable bonds is 2. The number of aromatic nitrogens is 5. The maximum atomic E-state index is 12.6. The zero-order valence-electron chi connectivity index (χ0n) is 12.7. The molecule has 0 unspecified atom stereocenters. The molecule has 0 aliphatic heterocycles. The first-order valence-electron chi connectivity index (χ1n) is 7.21. The Kier molecular flexibility index (Phi) is 3.66. The molecule has 0 amide bonds. The third-order valence-corrected chi connectivity index (χ3v) is 4.68. The van der Waals surface area contributed by atoms with Crippen molar-refractivity contribution in [3.05, 3.63) is 47.9 Å². The van der Waals surface area contributed by atoms with Crippen molar-refractivity contribution in [1.82, 2.24) is 25.4 Å². The molecule has 3 aromatic heterocycles. The van der Waals surface area contributed by atoms with Crippen molar-refractivity contribution in [3.8, 4) is 27.9 Å². The van der Waals surface area contributed by atoms with Crippen LogP contribution in [0, 0.1) is 11.3 Å². The smallest absolute Gasteiger partial charge is 0.251 e. The van der Waals surface area contributed by atoms with Crippen molar-refractivity contribution in [2.45, 2.75) is 6.18 Å². The van der Waals surface area contributed by atoms with Gasteiger partial charge in [0, 0.05) is 17.3 Å². The van der Waals surface area contributed by atoms with E-state index >= 15 is 0 Å². The Balaban J connectivity index is 1.73. The standard InChI is InChI=1S/C16H7F3N6S/c17-16(18,19)13-4-2-9(7-21-13)15-22-10-3-1-8(5-12(10)26-15)14-11(6-20)23-25-24-14/h1-5,7H,(H,23,24,25). The van der Waals surface area contributed by atoms with Crippen molar-refractivity contribution in [2.24, 2.45) is 0 Å². The van der Waals surface area contributed by atoms with Crippen LogP contribution < -0.4 is 0 Å². The van der Waals surface area contributed by atoms with Gasteiger partial charge in [-0.25, -0.2) is 4.98 Å². The van der Waals surface area contributed by atoms with Gasteiger partial charge in [0.1, 0.15) is 22.5 Å². The fourth-order valence-electron chi connectivity index (χ4n) is 2.39. The molecule has 1 N–H and O–H groups in total. The van der Waals surface area contributed by atoms with Crippen LogP contribution in [0.3, 0.4) is 0 Å². The van der Waals surface area contributed by atoms with Gasteiger partial charge in [-0.15, -0.1) is 16.4 Å². The average molecular weight is 372 g/mol. The lowest BCUT2D eigenvalue weighted by molar-refractivity contribution is -0.141. The number of benzene rings is 1. The molecule has 0 radical (unpaired) electrons. The molecule has 26 heavy (non-hydrogen) atoms. The number of hydrogen-bond acceptors (Lipinski definition) is 6. The number of alkyl halides is 3. The topological polar surface area (TPSA) is 91.1 Å². The van der Waals surface area contributed by atoms with Crippen LogP contribution in [0.15, 0.2) is 36.5 Å². The third kappa shape index (κ3) is 2.78. The van der Waals surface area contributed by atoms with Crippen molar-refractivity contribution >= 4 is 21.6 Å². The van der Waals surface area contributed by atoms with E-state index in [0.717, 1.165) is 17.0 Å². The molecule has 0 atom stereocenters. The van der Waals surface area contributed by atoms with Crippen LogP contribution in [0.1, 0.15) is 11.4 Å². The first kappa shape index (κ1) is 16.2. The fourth-order valence-corrected chi connectivity index (χ4v) is 3.39. The van der Waals surface area contributed by atoms with E-state index in [1.54, 1.807) is 12.1 Å². The summed E-state index contributed by atoms with van der Waals surface area (Å²) in [6.45, 7) is 0. The van der Waals surface area contributed by atoms with Gasteiger partial charge < -0.3 is 0 Å². The van der Waals surface area contributed by atoms with Gasteiger partial charge in [-0.3, -0.25) is 4.98 Å². The van der Waals surface area contributed by atoms with E-state index in [2.05, 4.69) is 25.4 Å². The van der Waals surface area contributed by atoms with Crippen LogP contribution in [0.4, 0.5) is 13.2 Å². The van der Waals surface area contributed by atoms with E-state index in [1.807, 2.05) is 12.1 Å². The monoisotopic (exact) mass is 372 g/mol. The lowest BCUT2D eigenvalue weighted by atomic mass is 10.1. The summed E-state index contributed by atoms with van der Waals surface area (Å²) in [5.74, 6) is 0. The Hall–Kier alpha value is -3.32. The van der Waals surface area contributed by atoms with E-state index in [4.69, 9.17) is 5.26 Å². The maximum Gasteiger partial charge on any atom is 0.433 e. The van der Waals surface area contributed by atoms with E-state index in [-0.39, 0.29) is 5.69 Å². The second kappa shape index (κ2) is 5.89. The van der Waals surface area contributed by atoms with Crippen LogP contribution in [-0.4, -0.2) is 25.4 Å². The van der Waals surface area contributed by atoms with Crippen molar-refractivity contribution in [2.75, 3.05) is 0 Å². The summed E-state index contributed by atoms with van der Waals surface area (Å²) in [6.07, 6.45) is -3.32. The first-order valence-corrected chi connectivity index (χ1v) is 8.03. The number of nitriles is 1. The molecule has 1 aromatic carbocycles. The van der Waals surface area contributed by atoms with Gasteiger partial charge in [0.25, 0.3) is 0 Å². The number of aromatic amines is 1. The highest BCUT2D eigenvalue weighted by Crippen LogP contribution is 2.34. The molecule has 6 nitrogen and oxygen atoms in total. The number of H-pyrrole nitrogens is 1. The summed E-state index contributed by atoms with van der Waals surface area (Å²) in [5, 5.41) is 19.7. The highest BCUT2D eigenvalue weighted by Gasteiger charge is 2.32. The van der Waals surface area contributed by atoms with Gasteiger partial charge in [-0.1, -0.05) is 6.07 Å². The molecule has 4 aromatic rings. The number of nitrogens with zero attached hydrogens (tertiary/aromatic N) is 5. The van der Waals surface area contributed by atoms with Gasteiger partial charge in [-0.2, -0.15) is 28.7 Å². The molecule has 0 aliphatic carbocycles. The van der Waals surface area contributed by atoms with Gasteiger partial charge in [0.2, 0.25) is 0 Å². The minimum absolute atomic E-state index is 0.182. The van der Waals surface area contributed by atoms with Crippen molar-refractivity contribution in [1.29, 1.82) is 5.26 Å². The zero-order valence-corrected chi connectivity index (χ0v) is 13.6. The SMILES string of the molecule is N#Cc1n[nH]nc1-c1ccc2nc(-c3ccc(C(F)(F)F)nc3)sc2c1. The minimum atomic E-state index is -4.48. The molecule has 0 spiro atoms. The number of pyridine rings is 1. The van der Waals surface area contributed by atoms with E-state index in [9.17, 15) is 13.2 Å². The third-order valence-electron chi connectivity index (χ3n) is 3.62. The van der Waals surface area contributed by atoms with Crippen LogP contribution in [0.2, 0.25) is 0 Å². The molecule has 3 heterocycles. The molecule has 128 valence electrons. The normalized spacial score (nSPS) is 11.6. The lowest BCUT2D eigenvalue weighted by Gasteiger charge is -2.04. The zero-order chi connectivity index (χ0) is 18.3. The van der Waals surface area contributed by atoms with Gasteiger partial charge in [0.15, 0.2) is 5.69 Å². The highest BCUT2D eigenvalue weighted by molar-refractivity contribution is 7.21. The van der Waals surface area contributed by atoms with E-state index in [0.29, 0.717) is 27.3 Å². The number of fused-ring (bicyclic) bond motifs is 1. The minimum Gasteiger partial charge on any atom is -0.251 e. The molecular formula is C16H7F3N6S. The van der Waals surface area contributed by atoms with Gasteiger partial charge in [-0.05, 0) is 24.3 Å². The van der Waals surface area contributed by atoms with Crippen LogP contribution in [-0.2, 0) is 6.18 Å². The second-order valence-corrected chi connectivity index (χ2v) is 6.29. The van der Waals surface area contributed by atoms with Crippen LogP contribution in [0.5, 0.6) is 0 Å². The maximum absolute atomic E-state index is 12.6. The van der Waals surface area contributed by atoms with Crippen LogP contribution in [0.25, 0.3) is 32.0 Å². The Morgan fingerprint density at radius 1 is 1.08 bits per heavy atom. The summed E-state index contributed by atoms with van der Waals surface area (Å²) < 4.78 is 38.7. The number of thiazole rings is 1. The quantitative estimate of drug-likeness (QED) is 0.573. The molecule has 0 saturated carbocycles. The molecule has 10 heteroatoms. The Bertz CT molecular complexity index is 1140. The Labute approximate surface area is 148 Å². The Morgan fingerprint density at radius 2 is 1.88 bits per heavy atom. The molecular weight excluding hydrogens is 365 g/mol. The second-order valence-electron chi connectivity index (χ2n) is 5.26. The van der Waals surface area contributed by atoms with Crippen molar-refractivity contribution in [3.63, 3.8) is 0 Å². The summed E-state index contributed by atoms with van der Waals surface area (Å²) >= 11 is 1.31. The molecule has 0 fully saturated rings. The van der Waals surface area contributed by atoms with E-state index in [1.165, 1.54) is 17.4 Å². The summed E-state index contributed by atoms with van der Waals surface area (Å²) in [6, 6.07) is 9.57. The number of nitrogens with one attached hydrogen (secondary N) is 1. The average Bonchev–Trinajstić information content (AvgIpc) is 3.26. The van der Waals surface area contributed by atoms with Crippen LogP contribution >= 0.6 is 11.3 Å². The fraction of sp³-hybridized carbons (Fsp3) is 0.0625. The number of halogens is 3. The summed E-state index contributed by atoms with van der Waals surface area (Å²) in [5.41, 5.74) is 1.56. The summed E-state index contributed by atoms with van der Waals surface area (Å²) in [7, 11) is 0. The lowest BCUT2D eigenvalue weighted by Crippen LogP contribution is -2.07. The molecule has 0 aliphatic rings. The predicted octanol–water partition coefficient (Wildman–Crippen LogP) is 4.03. The molecule has 0 bridgehead atoms.